The van der Waals surface area contributed by atoms with Crippen molar-refractivity contribution < 1.29 is 29.0 Å². The van der Waals surface area contributed by atoms with Crippen molar-refractivity contribution in [3.8, 4) is 0 Å². The van der Waals surface area contributed by atoms with Gasteiger partial charge >= 0.3 is 9.17 Å². The molecule has 74 valence electrons. The Bertz CT molecular complexity index is 106. The maximum atomic E-state index is 9.77. The van der Waals surface area contributed by atoms with Crippen LogP contribution in [0.15, 0.2) is 0 Å². The fourth-order valence-corrected chi connectivity index (χ4v) is 0.599. The van der Waals surface area contributed by atoms with Crippen LogP contribution in [0.4, 0.5) is 0 Å². The van der Waals surface area contributed by atoms with E-state index in [4.69, 9.17) is 20.1 Å². The molecule has 7 heteroatoms. The molecule has 0 rings (SSSR count). The van der Waals surface area contributed by atoms with Crippen molar-refractivity contribution >= 4 is 9.17 Å². The molecule has 0 aromatic carbocycles. The maximum absolute atomic E-state index is 9.77. The van der Waals surface area contributed by atoms with Crippen LogP contribution in [0.1, 0.15) is 13.3 Å². The molecule has 0 bridgehead atoms. The Morgan fingerprint density at radius 3 is 1.92 bits per heavy atom. The van der Waals surface area contributed by atoms with Crippen LogP contribution >= 0.6 is 0 Å². The van der Waals surface area contributed by atoms with Gasteiger partial charge in [0.2, 0.25) is 0 Å². The van der Waals surface area contributed by atoms with Crippen molar-refractivity contribution in [2.75, 3.05) is 13.2 Å². The first-order valence-electron chi connectivity index (χ1n) is 3.37. The zero-order valence-corrected chi connectivity index (χ0v) is 7.80. The van der Waals surface area contributed by atoms with Gasteiger partial charge in [-0.2, -0.15) is 0 Å². The van der Waals surface area contributed by atoms with Crippen LogP contribution in [0.3, 0.4) is 0 Å². The molecule has 6 nitrogen and oxygen atoms in total. The third-order valence-corrected chi connectivity index (χ3v) is 1.16. The number of hydrogen-bond acceptors (Lipinski definition) is 5. The van der Waals surface area contributed by atoms with E-state index in [1.54, 1.807) is 6.92 Å². The van der Waals surface area contributed by atoms with Gasteiger partial charge in [0, 0.05) is 6.42 Å². The molecule has 12 heavy (non-hydrogen) atoms. The number of aliphatic hydroxyl groups is 3. The molecule has 1 atom stereocenters. The molecular weight excluding hydrogens is 184 g/mol. The summed E-state index contributed by atoms with van der Waals surface area (Å²) in [6.45, 7) is 1.40. The Labute approximate surface area is 71.9 Å². The molecule has 0 amide bonds. The summed E-state index contributed by atoms with van der Waals surface area (Å²) in [5, 5.41) is 23.7. The van der Waals surface area contributed by atoms with Crippen LogP contribution < -0.4 is 0 Å². The first-order valence-corrected chi connectivity index (χ1v) is 4.64. The van der Waals surface area contributed by atoms with Gasteiger partial charge in [0.15, 0.2) is 6.29 Å². The van der Waals surface area contributed by atoms with Gasteiger partial charge < -0.3 is 24.5 Å². The van der Waals surface area contributed by atoms with Gasteiger partial charge in [-0.15, -0.1) is 0 Å². The van der Waals surface area contributed by atoms with Crippen molar-refractivity contribution in [2.24, 2.45) is 0 Å². The fourth-order valence-electron chi connectivity index (χ4n) is 0.200. The largest absolute Gasteiger partial charge is 0.766 e. The van der Waals surface area contributed by atoms with Gasteiger partial charge in [-0.1, -0.05) is 6.92 Å². The van der Waals surface area contributed by atoms with Crippen LogP contribution in [0.25, 0.3) is 0 Å². The predicted octanol–water partition coefficient (Wildman–Crippen LogP) is -1.89. The Morgan fingerprint density at radius 1 is 1.42 bits per heavy atom. The topological polar surface area (TPSA) is 107 Å². The normalized spacial score (nSPS) is 11.0. The highest BCUT2D eigenvalue weighted by molar-refractivity contribution is 6.24. The van der Waals surface area contributed by atoms with Crippen LogP contribution in [-0.4, -0.2) is 48.8 Å². The van der Waals surface area contributed by atoms with Crippen molar-refractivity contribution in [3.05, 3.63) is 0 Å². The summed E-state index contributed by atoms with van der Waals surface area (Å²) in [5.74, 6) is 0. The van der Waals surface area contributed by atoms with Crippen molar-refractivity contribution in [1.82, 2.24) is 0 Å². The Balaban J connectivity index is 0. The van der Waals surface area contributed by atoms with Crippen LogP contribution in [0, 0.1) is 0 Å². The van der Waals surface area contributed by atoms with Gasteiger partial charge in [-0.3, -0.25) is 4.46 Å². The van der Waals surface area contributed by atoms with Gasteiger partial charge in [0.25, 0.3) is 0 Å². The minimum atomic E-state index is -2.95. The lowest BCUT2D eigenvalue weighted by molar-refractivity contribution is -0.0383. The standard InChI is InChI=1S/C3H8O4Si.C2H6O2/c1-2-3(4)7-8(5)6;3-1-2-4/h3-5H,2H2,1H3;3-4H,1-2H2. The average Bonchev–Trinajstić information content (AvgIpc) is 2.04. The molecule has 4 N–H and O–H groups in total. The van der Waals surface area contributed by atoms with Crippen molar-refractivity contribution in [1.29, 1.82) is 0 Å². The Morgan fingerprint density at radius 2 is 1.83 bits per heavy atom. The Hall–Kier alpha value is -0.503. The minimum absolute atomic E-state index is 0.125. The highest BCUT2D eigenvalue weighted by Crippen LogP contribution is 1.89. The Kier molecular flexibility index (Phi) is 12.3. The van der Waals surface area contributed by atoms with Gasteiger partial charge in [-0.05, 0) is 0 Å². The molecule has 0 saturated carbocycles. The van der Waals surface area contributed by atoms with E-state index in [2.05, 4.69) is 4.43 Å². The quantitative estimate of drug-likeness (QED) is 0.311. The fraction of sp³-hybridized carbons (Fsp3) is 1.00. The molecule has 0 aliphatic heterocycles. The molecule has 0 heterocycles. The maximum Gasteiger partial charge on any atom is 0.766 e. The van der Waals surface area contributed by atoms with E-state index in [-0.39, 0.29) is 13.2 Å². The molecule has 1 unspecified atom stereocenters. The van der Waals surface area contributed by atoms with Crippen LogP contribution in [0.5, 0.6) is 0 Å². The van der Waals surface area contributed by atoms with Gasteiger partial charge in [-0.25, -0.2) is 0 Å². The third kappa shape index (κ3) is 16.2. The van der Waals surface area contributed by atoms with Gasteiger partial charge in [0.1, 0.15) is 0 Å². The molecule has 0 aromatic rings. The van der Waals surface area contributed by atoms with E-state index in [0.29, 0.717) is 6.42 Å². The number of aliphatic hydroxyl groups excluding tert-OH is 3. The summed E-state index contributed by atoms with van der Waals surface area (Å²) in [7, 11) is -2.95. The molecule has 0 aliphatic rings. The summed E-state index contributed by atoms with van der Waals surface area (Å²) in [5.41, 5.74) is 0. The van der Waals surface area contributed by atoms with E-state index < -0.39 is 15.5 Å². The van der Waals surface area contributed by atoms with Crippen LogP contribution in [0.2, 0.25) is 0 Å². The second-order valence-electron chi connectivity index (χ2n) is 1.69. The summed E-state index contributed by atoms with van der Waals surface area (Å²) in [6, 6.07) is 0. The monoisotopic (exact) mass is 198 g/mol. The second-order valence-corrected chi connectivity index (χ2v) is 2.46. The molecule has 0 saturated heterocycles. The number of rotatable bonds is 4. The summed E-state index contributed by atoms with van der Waals surface area (Å²) >= 11 is 0. The highest BCUT2D eigenvalue weighted by Gasteiger charge is 2.08. The smallest absolute Gasteiger partial charge is 0.511 e. The first kappa shape index (κ1) is 14.0. The summed E-state index contributed by atoms with van der Waals surface area (Å²) in [6.07, 6.45) is -0.761. The zero-order valence-electron chi connectivity index (χ0n) is 6.80. The molecule has 0 fully saturated rings. The first-order chi connectivity index (χ1) is 5.58. The molecule has 0 radical (unpaired) electrons. The van der Waals surface area contributed by atoms with E-state index in [1.807, 2.05) is 0 Å². The number of hydrogen-bond donors (Lipinski definition) is 4. The SMILES string of the molecule is CCC(O)O[Si](=O)O.OCCO. The van der Waals surface area contributed by atoms with Gasteiger partial charge in [0.05, 0.1) is 13.2 Å². The molecular formula is C5H14O6Si. The van der Waals surface area contributed by atoms with E-state index in [0.717, 1.165) is 0 Å². The third-order valence-electron chi connectivity index (χ3n) is 0.686. The lowest BCUT2D eigenvalue weighted by Gasteiger charge is -2.03. The van der Waals surface area contributed by atoms with Crippen molar-refractivity contribution in [2.45, 2.75) is 19.6 Å². The lowest BCUT2D eigenvalue weighted by Crippen LogP contribution is -2.17. The molecule has 0 aromatic heterocycles. The summed E-state index contributed by atoms with van der Waals surface area (Å²) < 4.78 is 13.8. The van der Waals surface area contributed by atoms with Crippen molar-refractivity contribution in [3.63, 3.8) is 0 Å². The van der Waals surface area contributed by atoms with Crippen LogP contribution in [-0.2, 0) is 8.89 Å². The van der Waals surface area contributed by atoms with E-state index >= 15 is 0 Å². The molecule has 0 aliphatic carbocycles. The highest BCUT2D eigenvalue weighted by atomic mass is 28.3. The predicted molar refractivity (Wildman–Crippen MR) is 40.2 cm³/mol. The lowest BCUT2D eigenvalue weighted by atomic mass is 10.5. The molecule has 0 spiro atoms. The average molecular weight is 198 g/mol. The minimum Gasteiger partial charge on any atom is -0.511 e. The second kappa shape index (κ2) is 10.5. The zero-order chi connectivity index (χ0) is 9.98. The van der Waals surface area contributed by atoms with E-state index in [9.17, 15) is 4.46 Å². The van der Waals surface area contributed by atoms with E-state index in [1.165, 1.54) is 0 Å². The summed E-state index contributed by atoms with van der Waals surface area (Å²) in [4.78, 5) is 8.02.